The van der Waals surface area contributed by atoms with E-state index in [-0.39, 0.29) is 18.1 Å². The van der Waals surface area contributed by atoms with Gasteiger partial charge in [-0.2, -0.15) is 0 Å². The first-order valence-corrected chi connectivity index (χ1v) is 13.8. The average molecular weight is 603 g/mol. The van der Waals surface area contributed by atoms with Gasteiger partial charge in [0.15, 0.2) is 29.0 Å². The van der Waals surface area contributed by atoms with Gasteiger partial charge in [-0.3, -0.25) is 19.7 Å². The summed E-state index contributed by atoms with van der Waals surface area (Å²) < 4.78 is 46.6. The molecule has 0 bridgehead atoms. The molecule has 2 N–H and O–H groups in total. The number of hydrogen-bond acceptors (Lipinski definition) is 6. The molecule has 0 saturated carbocycles. The molecule has 1 aliphatic rings. The SMILES string of the molecule is O=C(Nc1nc2ccccc2s1)c1ccc(N(Cc2ccc(F)cc2)C(=O)C2OC2C(=O)Nc2ccc(F)c(F)c2)cc1. The Kier molecular flexibility index (Phi) is 7.61. The minimum Gasteiger partial charge on any atom is -0.349 e. The molecule has 1 aliphatic heterocycles. The van der Waals surface area contributed by atoms with E-state index < -0.39 is 41.5 Å². The van der Waals surface area contributed by atoms with Crippen LogP contribution in [0.1, 0.15) is 15.9 Å². The molecular formula is C31H21F3N4O4S. The first-order valence-electron chi connectivity index (χ1n) is 13.0. The summed E-state index contributed by atoms with van der Waals surface area (Å²) in [6.45, 7) is 0.0216. The average Bonchev–Trinajstić information content (AvgIpc) is 3.71. The van der Waals surface area contributed by atoms with Crippen LogP contribution in [-0.4, -0.2) is 34.9 Å². The third-order valence-corrected chi connectivity index (χ3v) is 7.61. The highest BCUT2D eigenvalue weighted by Crippen LogP contribution is 2.30. The molecule has 8 nitrogen and oxygen atoms in total. The van der Waals surface area contributed by atoms with Crippen LogP contribution in [0.15, 0.2) is 91.0 Å². The molecule has 3 amide bonds. The lowest BCUT2D eigenvalue weighted by molar-refractivity contribution is -0.120. The molecule has 2 unspecified atom stereocenters. The van der Waals surface area contributed by atoms with Crippen molar-refractivity contribution in [2.24, 2.45) is 0 Å². The molecule has 12 heteroatoms. The Labute approximate surface area is 246 Å². The zero-order chi connectivity index (χ0) is 30.1. The molecule has 1 saturated heterocycles. The molecule has 6 rings (SSSR count). The summed E-state index contributed by atoms with van der Waals surface area (Å²) in [5.74, 6) is -4.28. The van der Waals surface area contributed by atoms with Gasteiger partial charge in [0.2, 0.25) is 0 Å². The summed E-state index contributed by atoms with van der Waals surface area (Å²) in [4.78, 5) is 44.8. The van der Waals surface area contributed by atoms with Crippen molar-refractivity contribution in [2.45, 2.75) is 18.8 Å². The normalized spacial score (nSPS) is 15.6. The van der Waals surface area contributed by atoms with Crippen molar-refractivity contribution in [3.8, 4) is 0 Å². The van der Waals surface area contributed by atoms with E-state index in [2.05, 4.69) is 15.6 Å². The second-order valence-electron chi connectivity index (χ2n) is 9.63. The maximum Gasteiger partial charge on any atom is 0.259 e. The van der Waals surface area contributed by atoms with E-state index >= 15 is 0 Å². The molecule has 0 spiro atoms. The number of nitrogens with zero attached hydrogens (tertiary/aromatic N) is 2. The number of aromatic nitrogens is 1. The number of para-hydroxylation sites is 1. The number of halogens is 3. The fraction of sp³-hybridized carbons (Fsp3) is 0.0968. The van der Waals surface area contributed by atoms with Crippen molar-refractivity contribution in [3.63, 3.8) is 0 Å². The van der Waals surface area contributed by atoms with Gasteiger partial charge in [0.1, 0.15) is 5.82 Å². The first-order chi connectivity index (χ1) is 20.7. The standard InChI is InChI=1S/C31H21F3N4O4S/c32-19-9-5-17(6-10-19)16-38(30(41)27-26(42-27)29(40)35-20-11-14-22(33)23(34)15-20)21-12-7-18(8-13-21)28(39)37-31-36-24-3-1-2-4-25(24)43-31/h1-15,26-27H,16H2,(H,35,40)(H,36,37,39). The van der Waals surface area contributed by atoms with Crippen molar-refractivity contribution < 1.29 is 32.3 Å². The number of carbonyl (C=O) groups excluding carboxylic acids is 3. The third-order valence-electron chi connectivity index (χ3n) is 6.66. The number of hydrogen-bond donors (Lipinski definition) is 2. The van der Waals surface area contributed by atoms with E-state index in [0.29, 0.717) is 21.9 Å². The quantitative estimate of drug-likeness (QED) is 0.215. The summed E-state index contributed by atoms with van der Waals surface area (Å²) in [5, 5.41) is 5.64. The number of fused-ring (bicyclic) bond motifs is 1. The van der Waals surface area contributed by atoms with Crippen molar-refractivity contribution in [2.75, 3.05) is 15.5 Å². The number of anilines is 3. The minimum absolute atomic E-state index is 0.00785. The van der Waals surface area contributed by atoms with Crippen LogP contribution in [0.4, 0.5) is 29.7 Å². The van der Waals surface area contributed by atoms with Crippen LogP contribution in [0.5, 0.6) is 0 Å². The van der Waals surface area contributed by atoms with Crippen LogP contribution in [0, 0.1) is 17.5 Å². The van der Waals surface area contributed by atoms with Crippen LogP contribution in [0.2, 0.25) is 0 Å². The Morgan fingerprint density at radius 3 is 2.30 bits per heavy atom. The van der Waals surface area contributed by atoms with E-state index in [1.54, 1.807) is 24.3 Å². The lowest BCUT2D eigenvalue weighted by Crippen LogP contribution is -2.36. The molecular weight excluding hydrogens is 581 g/mol. The summed E-state index contributed by atoms with van der Waals surface area (Å²) in [6.07, 6.45) is -2.30. The monoisotopic (exact) mass is 602 g/mol. The predicted molar refractivity (Wildman–Crippen MR) is 155 cm³/mol. The second-order valence-corrected chi connectivity index (χ2v) is 10.7. The number of carbonyl (C=O) groups is 3. The molecule has 2 atom stereocenters. The number of nitrogens with one attached hydrogen (secondary N) is 2. The molecule has 0 aliphatic carbocycles. The minimum atomic E-state index is -1.16. The molecule has 4 aromatic carbocycles. The van der Waals surface area contributed by atoms with E-state index in [1.807, 2.05) is 24.3 Å². The van der Waals surface area contributed by atoms with Gasteiger partial charge in [-0.1, -0.05) is 35.6 Å². The summed E-state index contributed by atoms with van der Waals surface area (Å²) in [5.41, 5.74) is 2.11. The van der Waals surface area contributed by atoms with Crippen molar-refractivity contribution in [1.82, 2.24) is 4.98 Å². The fourth-order valence-electron chi connectivity index (χ4n) is 4.40. The van der Waals surface area contributed by atoms with Gasteiger partial charge in [0.05, 0.1) is 16.8 Å². The maximum absolute atomic E-state index is 13.5. The smallest absolute Gasteiger partial charge is 0.259 e. The predicted octanol–water partition coefficient (Wildman–Crippen LogP) is 5.91. The van der Waals surface area contributed by atoms with Crippen LogP contribution in [0.25, 0.3) is 10.2 Å². The topological polar surface area (TPSA) is 104 Å². The van der Waals surface area contributed by atoms with Crippen molar-refractivity contribution in [1.29, 1.82) is 0 Å². The van der Waals surface area contributed by atoms with E-state index in [4.69, 9.17) is 4.74 Å². The van der Waals surface area contributed by atoms with Gasteiger partial charge in [-0.05, 0) is 66.2 Å². The number of benzene rings is 4. The lowest BCUT2D eigenvalue weighted by Gasteiger charge is -2.23. The van der Waals surface area contributed by atoms with Crippen LogP contribution in [-0.2, 0) is 20.9 Å². The van der Waals surface area contributed by atoms with E-state index in [9.17, 15) is 27.6 Å². The zero-order valence-electron chi connectivity index (χ0n) is 22.1. The van der Waals surface area contributed by atoms with Crippen molar-refractivity contribution >= 4 is 55.8 Å². The zero-order valence-corrected chi connectivity index (χ0v) is 22.9. The van der Waals surface area contributed by atoms with Gasteiger partial charge in [-0.15, -0.1) is 0 Å². The van der Waals surface area contributed by atoms with Crippen LogP contribution in [0.3, 0.4) is 0 Å². The van der Waals surface area contributed by atoms with Gasteiger partial charge in [0, 0.05) is 23.0 Å². The number of amides is 3. The molecule has 1 fully saturated rings. The van der Waals surface area contributed by atoms with Gasteiger partial charge >= 0.3 is 0 Å². The second kappa shape index (κ2) is 11.7. The number of ether oxygens (including phenoxy) is 1. The van der Waals surface area contributed by atoms with Crippen molar-refractivity contribution in [3.05, 3.63) is 120 Å². The Hall–Kier alpha value is -5.07. The van der Waals surface area contributed by atoms with Crippen LogP contribution >= 0.6 is 11.3 Å². The maximum atomic E-state index is 13.5. The summed E-state index contributed by atoms with van der Waals surface area (Å²) in [7, 11) is 0. The largest absolute Gasteiger partial charge is 0.349 e. The Morgan fingerprint density at radius 2 is 1.58 bits per heavy atom. The molecule has 43 heavy (non-hydrogen) atoms. The molecule has 5 aromatic rings. The summed E-state index contributed by atoms with van der Waals surface area (Å²) >= 11 is 1.34. The molecule has 0 radical (unpaired) electrons. The summed E-state index contributed by atoms with van der Waals surface area (Å²) in [6, 6.07) is 22.2. The van der Waals surface area contributed by atoms with Gasteiger partial charge in [-0.25, -0.2) is 18.2 Å². The van der Waals surface area contributed by atoms with E-state index in [0.717, 1.165) is 22.3 Å². The highest BCUT2D eigenvalue weighted by atomic mass is 32.1. The van der Waals surface area contributed by atoms with Gasteiger partial charge in [0.25, 0.3) is 17.7 Å². The number of rotatable bonds is 8. The highest BCUT2D eigenvalue weighted by Gasteiger charge is 2.52. The third kappa shape index (κ3) is 6.25. The Balaban J connectivity index is 1.18. The van der Waals surface area contributed by atoms with Gasteiger partial charge < -0.3 is 15.0 Å². The van der Waals surface area contributed by atoms with Crippen LogP contribution < -0.4 is 15.5 Å². The highest BCUT2D eigenvalue weighted by molar-refractivity contribution is 7.22. The molecule has 1 aromatic heterocycles. The Morgan fingerprint density at radius 1 is 0.837 bits per heavy atom. The Bertz CT molecular complexity index is 1810. The first kappa shape index (κ1) is 28.1. The molecule has 2 heterocycles. The van der Waals surface area contributed by atoms with E-state index in [1.165, 1.54) is 46.6 Å². The number of epoxide rings is 1. The molecule has 216 valence electrons. The lowest BCUT2D eigenvalue weighted by atomic mass is 10.1. The number of thiazole rings is 1. The fourth-order valence-corrected chi connectivity index (χ4v) is 5.26.